The van der Waals surface area contributed by atoms with Gasteiger partial charge in [0.1, 0.15) is 12.6 Å². The maximum Gasteiger partial charge on any atom is 0.412 e. The van der Waals surface area contributed by atoms with Crippen LogP contribution in [0.4, 0.5) is 4.79 Å². The van der Waals surface area contributed by atoms with Gasteiger partial charge in [0.05, 0.1) is 19.8 Å². The van der Waals surface area contributed by atoms with Crippen LogP contribution in [0.15, 0.2) is 40.9 Å². The summed E-state index contributed by atoms with van der Waals surface area (Å²) < 4.78 is 17.7. The van der Waals surface area contributed by atoms with E-state index < -0.39 is 18.4 Å². The number of aliphatic hydroxyl groups is 1. The summed E-state index contributed by atoms with van der Waals surface area (Å²) in [6, 6.07) is 10.6. The van der Waals surface area contributed by atoms with E-state index in [9.17, 15) is 14.7 Å². The molecule has 1 saturated heterocycles. The Balaban J connectivity index is 1.95. The number of aliphatic hydroxyl groups excluding tert-OH is 1. The molecule has 0 aromatic heterocycles. The summed E-state index contributed by atoms with van der Waals surface area (Å²) in [6.07, 6.45) is -2.13. The Morgan fingerprint density at radius 3 is 2.56 bits per heavy atom. The number of hydrogen-bond donors (Lipinski definition) is 1. The lowest BCUT2D eigenvalue weighted by Gasteiger charge is -2.42. The number of ether oxygens (including phenoxy) is 3. The summed E-state index contributed by atoms with van der Waals surface area (Å²) in [5.41, 5.74) is 2.54. The number of piperazine rings is 1. The molecule has 0 radical (unpaired) electrons. The second-order valence-corrected chi connectivity index (χ2v) is 9.33. The maximum atomic E-state index is 13.1. The number of halogens is 1. The molecule has 2 aromatic rings. The highest BCUT2D eigenvalue weighted by molar-refractivity contribution is 9.10. The van der Waals surface area contributed by atoms with E-state index in [0.29, 0.717) is 18.1 Å². The van der Waals surface area contributed by atoms with Crippen molar-refractivity contribution in [2.45, 2.75) is 52.2 Å². The van der Waals surface area contributed by atoms with E-state index in [1.165, 1.54) is 4.90 Å². The highest BCUT2D eigenvalue weighted by atomic mass is 79.9. The van der Waals surface area contributed by atoms with Crippen molar-refractivity contribution in [1.29, 1.82) is 0 Å². The van der Waals surface area contributed by atoms with Gasteiger partial charge in [-0.15, -0.1) is 0 Å². The van der Waals surface area contributed by atoms with E-state index in [1.54, 1.807) is 34.1 Å². The van der Waals surface area contributed by atoms with Crippen LogP contribution in [0.5, 0.6) is 11.5 Å². The monoisotopic (exact) mass is 534 g/mol. The van der Waals surface area contributed by atoms with Crippen LogP contribution in [0.2, 0.25) is 0 Å². The van der Waals surface area contributed by atoms with Crippen molar-refractivity contribution in [2.75, 3.05) is 20.7 Å². The molecule has 0 saturated carbocycles. The molecule has 0 spiro atoms. The first-order valence-corrected chi connectivity index (χ1v) is 11.9. The zero-order chi connectivity index (χ0) is 25.0. The lowest BCUT2D eigenvalue weighted by atomic mass is 9.99. The first-order chi connectivity index (χ1) is 16.1. The summed E-state index contributed by atoms with van der Waals surface area (Å²) in [4.78, 5) is 28.4. The van der Waals surface area contributed by atoms with Gasteiger partial charge in [0.2, 0.25) is 5.91 Å². The molecular formula is C25H31BrN2O6. The predicted molar refractivity (Wildman–Crippen MR) is 131 cm³/mol. The number of benzene rings is 2. The molecule has 8 nitrogen and oxygen atoms in total. The molecule has 2 amide bonds. The predicted octanol–water partition coefficient (Wildman–Crippen LogP) is 3.89. The Bertz CT molecular complexity index is 1030. The molecule has 2 unspecified atom stereocenters. The number of β-amino-alcohol motifs (C(OH)–C–C–N with tert-alkyl or cyclic N) is 1. The van der Waals surface area contributed by atoms with Crippen molar-refractivity contribution < 1.29 is 28.9 Å². The highest BCUT2D eigenvalue weighted by Crippen LogP contribution is 2.40. The molecule has 2 aromatic carbocycles. The van der Waals surface area contributed by atoms with Gasteiger partial charge in [-0.3, -0.25) is 9.69 Å². The van der Waals surface area contributed by atoms with Crippen LogP contribution in [0.25, 0.3) is 0 Å². The molecule has 1 N–H and O–H groups in total. The Morgan fingerprint density at radius 2 is 1.94 bits per heavy atom. The van der Waals surface area contributed by atoms with Crippen LogP contribution in [-0.4, -0.2) is 66.0 Å². The molecule has 9 heteroatoms. The molecule has 1 heterocycles. The summed E-state index contributed by atoms with van der Waals surface area (Å²) >= 11 is 3.62. The van der Waals surface area contributed by atoms with Crippen molar-refractivity contribution >= 4 is 27.9 Å². The number of methoxy groups -OCH3 is 1. The Hall–Kier alpha value is -2.78. The molecule has 3 rings (SSSR count). The van der Waals surface area contributed by atoms with E-state index in [1.807, 2.05) is 37.3 Å². The largest absolute Gasteiger partial charge is 0.493 e. The number of rotatable bonds is 7. The topological polar surface area (TPSA) is 88.5 Å². The lowest BCUT2D eigenvalue weighted by molar-refractivity contribution is -0.152. The molecular weight excluding hydrogens is 504 g/mol. The van der Waals surface area contributed by atoms with Gasteiger partial charge in [-0.2, -0.15) is 0 Å². The Kier molecular flexibility index (Phi) is 8.43. The molecule has 0 bridgehead atoms. The van der Waals surface area contributed by atoms with Crippen molar-refractivity contribution in [3.05, 3.63) is 57.6 Å². The Labute approximate surface area is 208 Å². The van der Waals surface area contributed by atoms with Crippen LogP contribution >= 0.6 is 15.9 Å². The van der Waals surface area contributed by atoms with Gasteiger partial charge in [-0.25, -0.2) is 4.79 Å². The molecule has 2 atom stereocenters. The quantitative estimate of drug-likeness (QED) is 0.579. The number of likely N-dealkylation sites (N-methyl/N-ethyl adjacent to an activating group) is 1. The van der Waals surface area contributed by atoms with Gasteiger partial charge >= 0.3 is 6.09 Å². The van der Waals surface area contributed by atoms with Gasteiger partial charge in [0, 0.05) is 23.5 Å². The first kappa shape index (κ1) is 25.8. The summed E-state index contributed by atoms with van der Waals surface area (Å²) in [6.45, 7) is 5.68. The number of hydrogen-bond acceptors (Lipinski definition) is 6. The number of carbonyl (C=O) groups excluding carboxylic acids is 2. The molecule has 1 aliphatic rings. The average Bonchev–Trinajstić information content (AvgIpc) is 2.79. The number of carbonyl (C=O) groups is 2. The van der Waals surface area contributed by atoms with Gasteiger partial charge in [0.15, 0.2) is 17.7 Å². The zero-order valence-electron chi connectivity index (χ0n) is 20.1. The molecule has 1 aliphatic heterocycles. The fourth-order valence-corrected chi connectivity index (χ4v) is 4.42. The van der Waals surface area contributed by atoms with Gasteiger partial charge in [-0.1, -0.05) is 46.3 Å². The zero-order valence-corrected chi connectivity index (χ0v) is 21.7. The van der Waals surface area contributed by atoms with Gasteiger partial charge in [-0.05, 0) is 38.0 Å². The lowest BCUT2D eigenvalue weighted by Crippen LogP contribution is -2.63. The van der Waals surface area contributed by atoms with Crippen molar-refractivity contribution in [1.82, 2.24) is 9.80 Å². The standard InChI is InChI=1S/C25H31BrN2O6/c1-15(2)34-25(31)28-19(24(30)27(4)13-21(28)29)11-18-12-20(23(32-5)16(3)22(18)26)33-14-17-9-7-6-8-10-17/h6-10,12,15,19,21,29H,11,13-14H2,1-5H3. The number of nitrogens with zero attached hydrogens (tertiary/aromatic N) is 2. The minimum absolute atomic E-state index is 0.0107. The van der Waals surface area contributed by atoms with Crippen molar-refractivity contribution in [3.63, 3.8) is 0 Å². The van der Waals surface area contributed by atoms with E-state index in [0.717, 1.165) is 26.1 Å². The summed E-state index contributed by atoms with van der Waals surface area (Å²) in [5, 5.41) is 10.6. The maximum absolute atomic E-state index is 13.1. The van der Waals surface area contributed by atoms with E-state index in [4.69, 9.17) is 14.2 Å². The van der Waals surface area contributed by atoms with Crippen molar-refractivity contribution in [3.8, 4) is 11.5 Å². The third-order valence-electron chi connectivity index (χ3n) is 5.64. The molecule has 184 valence electrons. The second kappa shape index (κ2) is 11.1. The minimum atomic E-state index is -1.18. The third-order valence-corrected chi connectivity index (χ3v) is 6.74. The summed E-state index contributed by atoms with van der Waals surface area (Å²) in [7, 11) is 3.18. The Morgan fingerprint density at radius 1 is 1.26 bits per heavy atom. The van der Waals surface area contributed by atoms with E-state index >= 15 is 0 Å². The van der Waals surface area contributed by atoms with Gasteiger partial charge in [0.25, 0.3) is 0 Å². The van der Waals surface area contributed by atoms with Gasteiger partial charge < -0.3 is 24.2 Å². The fraction of sp³-hybridized carbons (Fsp3) is 0.440. The first-order valence-electron chi connectivity index (χ1n) is 11.1. The number of amides is 2. The molecule has 0 aliphatic carbocycles. The molecule has 34 heavy (non-hydrogen) atoms. The summed E-state index contributed by atoms with van der Waals surface area (Å²) in [5.74, 6) is 0.823. The second-order valence-electron chi connectivity index (χ2n) is 8.54. The van der Waals surface area contributed by atoms with Crippen LogP contribution in [0.1, 0.15) is 30.5 Å². The molecule has 1 fully saturated rings. The van der Waals surface area contributed by atoms with Crippen LogP contribution in [0, 0.1) is 6.92 Å². The van der Waals surface area contributed by atoms with Crippen LogP contribution in [-0.2, 0) is 22.6 Å². The SMILES string of the molecule is COc1c(OCc2ccccc2)cc(CC2C(=O)N(C)CC(O)N2C(=O)OC(C)C)c(Br)c1C. The van der Waals surface area contributed by atoms with E-state index in [-0.39, 0.29) is 25.0 Å². The van der Waals surface area contributed by atoms with Crippen LogP contribution < -0.4 is 9.47 Å². The smallest absolute Gasteiger partial charge is 0.412 e. The fourth-order valence-electron chi connectivity index (χ4n) is 3.97. The minimum Gasteiger partial charge on any atom is -0.493 e. The van der Waals surface area contributed by atoms with Crippen LogP contribution in [0.3, 0.4) is 0 Å². The van der Waals surface area contributed by atoms with Crippen molar-refractivity contribution in [2.24, 2.45) is 0 Å². The third kappa shape index (κ3) is 5.64. The normalized spacial score (nSPS) is 18.3. The highest BCUT2D eigenvalue weighted by Gasteiger charge is 2.43. The average molecular weight is 535 g/mol. The van der Waals surface area contributed by atoms with E-state index in [2.05, 4.69) is 15.9 Å².